The molecule has 0 radical (unpaired) electrons. The molecule has 1 heterocycles. The van der Waals surface area contributed by atoms with E-state index in [2.05, 4.69) is 10.6 Å². The first kappa shape index (κ1) is 10.9. The smallest absolute Gasteiger partial charge is 0.243 e. The van der Waals surface area contributed by atoms with Gasteiger partial charge in [0.1, 0.15) is 0 Å². The van der Waals surface area contributed by atoms with E-state index in [9.17, 15) is 9.59 Å². The van der Waals surface area contributed by atoms with Crippen LogP contribution in [0.2, 0.25) is 0 Å². The molecule has 0 aromatic heterocycles. The van der Waals surface area contributed by atoms with Crippen molar-refractivity contribution < 1.29 is 9.59 Å². The Balaban J connectivity index is 2.38. The first-order valence-electron chi connectivity index (χ1n) is 4.82. The summed E-state index contributed by atoms with van der Waals surface area (Å²) in [5.74, 6) is -0.374. The molecule has 0 aromatic rings. The van der Waals surface area contributed by atoms with Crippen LogP contribution in [0.15, 0.2) is 11.6 Å². The number of carbonyl (C=O) groups excluding carboxylic acids is 2. The van der Waals surface area contributed by atoms with Crippen LogP contribution in [0.4, 0.5) is 0 Å². The third kappa shape index (κ3) is 2.96. The van der Waals surface area contributed by atoms with E-state index in [4.69, 9.17) is 0 Å². The third-order valence-corrected chi connectivity index (χ3v) is 2.36. The van der Waals surface area contributed by atoms with Gasteiger partial charge in [-0.15, -0.1) is 0 Å². The molecular weight excluding hydrogens is 180 g/mol. The number of amides is 2. The number of hydrogen-bond acceptors (Lipinski definition) is 3. The molecule has 1 fully saturated rings. The quantitative estimate of drug-likeness (QED) is 0.506. The molecule has 1 saturated heterocycles. The Morgan fingerprint density at radius 3 is 2.93 bits per heavy atom. The molecule has 4 nitrogen and oxygen atoms in total. The maximum atomic E-state index is 11.3. The van der Waals surface area contributed by atoms with Gasteiger partial charge < -0.3 is 5.32 Å². The number of carbonyl (C=O) groups is 2. The van der Waals surface area contributed by atoms with Gasteiger partial charge in [-0.2, -0.15) is 0 Å². The van der Waals surface area contributed by atoms with Crippen LogP contribution < -0.4 is 10.6 Å². The summed E-state index contributed by atoms with van der Waals surface area (Å²) in [6.07, 6.45) is 3.03. The summed E-state index contributed by atoms with van der Waals surface area (Å²) in [5, 5.41) is 5.42. The highest BCUT2D eigenvalue weighted by Crippen LogP contribution is 2.04. The van der Waals surface area contributed by atoms with Crippen LogP contribution in [-0.2, 0) is 9.59 Å². The molecule has 0 aliphatic carbocycles. The standard InChI is InChI=1S/C10H16N2O2/c1-3-7(2)6-11-8-4-5-9(13)12-10(8)14/h3,8,11H,4-6H2,1-2H3,(H,12,13,14)/b7-3+. The van der Waals surface area contributed by atoms with Gasteiger partial charge >= 0.3 is 0 Å². The van der Waals surface area contributed by atoms with E-state index in [0.717, 1.165) is 0 Å². The maximum absolute atomic E-state index is 11.3. The van der Waals surface area contributed by atoms with Crippen molar-refractivity contribution in [3.05, 3.63) is 11.6 Å². The zero-order chi connectivity index (χ0) is 10.6. The Morgan fingerprint density at radius 2 is 2.36 bits per heavy atom. The normalized spacial score (nSPS) is 23.6. The molecule has 1 aliphatic heterocycles. The van der Waals surface area contributed by atoms with Gasteiger partial charge in [-0.25, -0.2) is 0 Å². The van der Waals surface area contributed by atoms with Crippen molar-refractivity contribution >= 4 is 11.8 Å². The van der Waals surface area contributed by atoms with Gasteiger partial charge in [0.05, 0.1) is 6.04 Å². The summed E-state index contributed by atoms with van der Waals surface area (Å²) in [6, 6.07) is -0.220. The van der Waals surface area contributed by atoms with E-state index in [1.807, 2.05) is 19.9 Å². The highest BCUT2D eigenvalue weighted by molar-refractivity contribution is 6.00. The minimum atomic E-state index is -0.220. The first-order chi connectivity index (χ1) is 6.63. The molecule has 0 bridgehead atoms. The monoisotopic (exact) mass is 196 g/mol. The highest BCUT2D eigenvalue weighted by Gasteiger charge is 2.25. The fourth-order valence-corrected chi connectivity index (χ4v) is 1.27. The lowest BCUT2D eigenvalue weighted by molar-refractivity contribution is -0.134. The van der Waals surface area contributed by atoms with E-state index < -0.39 is 0 Å². The molecule has 1 aliphatic rings. The van der Waals surface area contributed by atoms with Gasteiger partial charge in [0.25, 0.3) is 0 Å². The number of rotatable bonds is 3. The van der Waals surface area contributed by atoms with E-state index in [1.54, 1.807) is 0 Å². The lowest BCUT2D eigenvalue weighted by Crippen LogP contribution is -2.50. The number of nitrogens with one attached hydrogen (secondary N) is 2. The predicted molar refractivity (Wildman–Crippen MR) is 53.6 cm³/mol. The van der Waals surface area contributed by atoms with Crippen LogP contribution in [0.3, 0.4) is 0 Å². The molecule has 1 atom stereocenters. The average molecular weight is 196 g/mol. The molecule has 78 valence electrons. The maximum Gasteiger partial charge on any atom is 0.243 e. The van der Waals surface area contributed by atoms with E-state index >= 15 is 0 Å². The summed E-state index contributed by atoms with van der Waals surface area (Å²) in [4.78, 5) is 22.1. The summed E-state index contributed by atoms with van der Waals surface area (Å²) in [5.41, 5.74) is 1.19. The average Bonchev–Trinajstić information content (AvgIpc) is 2.16. The van der Waals surface area contributed by atoms with Crippen LogP contribution >= 0.6 is 0 Å². The van der Waals surface area contributed by atoms with Crippen molar-refractivity contribution in [1.29, 1.82) is 0 Å². The van der Waals surface area contributed by atoms with Crippen molar-refractivity contribution in [3.63, 3.8) is 0 Å². The molecular formula is C10H16N2O2. The Hall–Kier alpha value is -1.16. The van der Waals surface area contributed by atoms with Crippen LogP contribution in [0.1, 0.15) is 26.7 Å². The van der Waals surface area contributed by atoms with Gasteiger partial charge in [-0.3, -0.25) is 14.9 Å². The second-order valence-electron chi connectivity index (χ2n) is 3.52. The minimum absolute atomic E-state index is 0.171. The minimum Gasteiger partial charge on any atom is -0.302 e. The van der Waals surface area contributed by atoms with Gasteiger partial charge in [0.15, 0.2) is 0 Å². The number of imide groups is 1. The van der Waals surface area contributed by atoms with E-state index in [1.165, 1.54) is 5.57 Å². The zero-order valence-corrected chi connectivity index (χ0v) is 8.59. The second-order valence-corrected chi connectivity index (χ2v) is 3.52. The van der Waals surface area contributed by atoms with Crippen LogP contribution in [0.5, 0.6) is 0 Å². The largest absolute Gasteiger partial charge is 0.302 e. The molecule has 0 aromatic carbocycles. The van der Waals surface area contributed by atoms with Crippen LogP contribution in [0.25, 0.3) is 0 Å². The molecule has 4 heteroatoms. The Morgan fingerprint density at radius 1 is 1.64 bits per heavy atom. The van der Waals surface area contributed by atoms with E-state index in [0.29, 0.717) is 19.4 Å². The van der Waals surface area contributed by atoms with E-state index in [-0.39, 0.29) is 17.9 Å². The van der Waals surface area contributed by atoms with Crippen molar-refractivity contribution in [2.24, 2.45) is 0 Å². The number of allylic oxidation sites excluding steroid dienone is 1. The van der Waals surface area contributed by atoms with Crippen molar-refractivity contribution in [2.45, 2.75) is 32.7 Å². The molecule has 14 heavy (non-hydrogen) atoms. The zero-order valence-electron chi connectivity index (χ0n) is 8.59. The van der Waals surface area contributed by atoms with Crippen molar-refractivity contribution in [1.82, 2.24) is 10.6 Å². The topological polar surface area (TPSA) is 58.2 Å². The fourth-order valence-electron chi connectivity index (χ4n) is 1.27. The molecule has 1 rings (SSSR count). The lowest BCUT2D eigenvalue weighted by Gasteiger charge is -2.21. The first-order valence-corrected chi connectivity index (χ1v) is 4.82. The SMILES string of the molecule is C/C=C(\C)CNC1CCC(=O)NC1=O. The lowest BCUT2D eigenvalue weighted by atomic mass is 10.1. The molecule has 2 N–H and O–H groups in total. The number of hydrogen-bond donors (Lipinski definition) is 2. The Kier molecular flexibility index (Phi) is 3.83. The summed E-state index contributed by atoms with van der Waals surface area (Å²) >= 11 is 0. The third-order valence-electron chi connectivity index (χ3n) is 2.36. The van der Waals surface area contributed by atoms with Gasteiger partial charge in [0.2, 0.25) is 11.8 Å². The molecule has 0 spiro atoms. The van der Waals surface area contributed by atoms with Gasteiger partial charge in [-0.1, -0.05) is 11.6 Å². The molecule has 0 saturated carbocycles. The van der Waals surface area contributed by atoms with Crippen molar-refractivity contribution in [2.75, 3.05) is 6.54 Å². The fraction of sp³-hybridized carbons (Fsp3) is 0.600. The second kappa shape index (κ2) is 4.91. The van der Waals surface area contributed by atoms with Crippen molar-refractivity contribution in [3.8, 4) is 0 Å². The molecule has 2 amide bonds. The van der Waals surface area contributed by atoms with Gasteiger partial charge in [-0.05, 0) is 20.3 Å². The number of piperidine rings is 1. The van der Waals surface area contributed by atoms with Crippen LogP contribution in [0, 0.1) is 0 Å². The summed E-state index contributed by atoms with van der Waals surface area (Å²) < 4.78 is 0. The molecule has 1 unspecified atom stereocenters. The highest BCUT2D eigenvalue weighted by atomic mass is 16.2. The Labute approximate surface area is 83.8 Å². The van der Waals surface area contributed by atoms with Gasteiger partial charge in [0, 0.05) is 13.0 Å². The Bertz CT molecular complexity index is 271. The predicted octanol–water partition coefficient (Wildman–Crippen LogP) is 0.347. The summed E-state index contributed by atoms with van der Waals surface area (Å²) in [7, 11) is 0. The van der Waals surface area contributed by atoms with Crippen LogP contribution in [-0.4, -0.2) is 24.4 Å². The summed E-state index contributed by atoms with van der Waals surface area (Å²) in [6.45, 7) is 4.66.